The van der Waals surface area contributed by atoms with Crippen LogP contribution in [0.5, 0.6) is 0 Å². The van der Waals surface area contributed by atoms with Gasteiger partial charge in [0, 0.05) is 49.5 Å². The number of fused-ring (bicyclic) bond motifs is 1. The van der Waals surface area contributed by atoms with E-state index in [0.29, 0.717) is 37.3 Å². The highest BCUT2D eigenvalue weighted by Gasteiger charge is 2.27. The maximum atomic E-state index is 13.5. The highest BCUT2D eigenvalue weighted by Crippen LogP contribution is 2.29. The molecular formula is C26H30N6O2. The largest absolute Gasteiger partial charge is 0.378 e. The fourth-order valence-corrected chi connectivity index (χ4v) is 4.79. The predicted molar refractivity (Wildman–Crippen MR) is 132 cm³/mol. The van der Waals surface area contributed by atoms with Crippen LogP contribution in [0, 0.1) is 11.8 Å². The Morgan fingerprint density at radius 1 is 1.12 bits per heavy atom. The molecule has 1 saturated heterocycles. The Morgan fingerprint density at radius 3 is 2.62 bits per heavy atom. The fraction of sp³-hybridized carbons (Fsp3) is 0.423. The number of rotatable bonds is 2. The molecule has 1 amide bonds. The number of anilines is 1. The second kappa shape index (κ2) is 9.09. The molecule has 1 aliphatic heterocycles. The number of benzene rings is 1. The van der Waals surface area contributed by atoms with Crippen LogP contribution in [0.1, 0.15) is 48.0 Å². The molecule has 5 rings (SSSR count). The summed E-state index contributed by atoms with van der Waals surface area (Å²) >= 11 is 0. The lowest BCUT2D eigenvalue weighted by Gasteiger charge is -2.32. The highest BCUT2D eigenvalue weighted by atomic mass is 16.3. The van der Waals surface area contributed by atoms with Gasteiger partial charge < -0.3 is 25.2 Å². The van der Waals surface area contributed by atoms with Crippen molar-refractivity contribution in [3.63, 3.8) is 0 Å². The molecule has 8 nitrogen and oxygen atoms in total. The topological polar surface area (TPSA) is 101 Å². The number of amides is 1. The number of carbonyl (C=O) groups excluding carboxylic acids is 1. The van der Waals surface area contributed by atoms with Crippen LogP contribution in [0.25, 0.3) is 16.7 Å². The second-order valence-corrected chi connectivity index (χ2v) is 9.36. The van der Waals surface area contributed by atoms with Crippen LogP contribution in [-0.2, 0) is 0 Å². The Balaban J connectivity index is 1.57. The van der Waals surface area contributed by atoms with E-state index in [4.69, 9.17) is 5.73 Å². The van der Waals surface area contributed by atoms with E-state index < -0.39 is 5.60 Å². The Morgan fingerprint density at radius 2 is 1.88 bits per heavy atom. The lowest BCUT2D eigenvalue weighted by atomic mass is 9.85. The van der Waals surface area contributed by atoms with E-state index in [9.17, 15) is 9.90 Å². The van der Waals surface area contributed by atoms with Gasteiger partial charge in [-0.15, -0.1) is 0 Å². The number of hydrogen-bond donors (Lipinski definition) is 2. The van der Waals surface area contributed by atoms with Gasteiger partial charge in [-0.1, -0.05) is 24.3 Å². The molecule has 2 aliphatic rings. The van der Waals surface area contributed by atoms with Gasteiger partial charge in [0.2, 0.25) is 5.95 Å². The van der Waals surface area contributed by atoms with E-state index in [2.05, 4.69) is 33.8 Å². The van der Waals surface area contributed by atoms with Crippen molar-refractivity contribution in [3.8, 4) is 17.7 Å². The van der Waals surface area contributed by atoms with Crippen molar-refractivity contribution in [1.82, 2.24) is 24.3 Å². The van der Waals surface area contributed by atoms with Gasteiger partial charge in [0.25, 0.3) is 5.91 Å². The standard InChI is InChI=1S/C26H30N6O2/c1-30-13-15-31(16-14-30)24(33)21-18-32(23-8-12-28-25(27)29-23)22-17-19(5-6-20(21)22)7-11-26(34)9-3-2-4-10-26/h5-6,8,12,17-18,34H,2-4,9-10,13-16H2,1H3,(H2,27,28,29). The fourth-order valence-electron chi connectivity index (χ4n) is 4.79. The molecule has 2 fully saturated rings. The third-order valence-electron chi connectivity index (χ3n) is 6.85. The van der Waals surface area contributed by atoms with Crippen molar-refractivity contribution in [1.29, 1.82) is 0 Å². The van der Waals surface area contributed by atoms with Crippen molar-refractivity contribution in [3.05, 3.63) is 47.8 Å². The molecule has 0 radical (unpaired) electrons. The van der Waals surface area contributed by atoms with Crippen LogP contribution in [0.15, 0.2) is 36.7 Å². The summed E-state index contributed by atoms with van der Waals surface area (Å²) in [6, 6.07) is 7.58. The van der Waals surface area contributed by atoms with Crippen molar-refractivity contribution in [2.45, 2.75) is 37.7 Å². The maximum absolute atomic E-state index is 13.5. The molecule has 3 heterocycles. The zero-order valence-corrected chi connectivity index (χ0v) is 19.5. The molecule has 1 aromatic carbocycles. The molecule has 0 atom stereocenters. The number of carbonyl (C=O) groups is 1. The van der Waals surface area contributed by atoms with Gasteiger partial charge in [-0.05, 0) is 50.9 Å². The molecule has 0 bridgehead atoms. The van der Waals surface area contributed by atoms with E-state index in [1.807, 2.05) is 33.9 Å². The number of piperazine rings is 1. The zero-order chi connectivity index (χ0) is 23.7. The number of likely N-dealkylation sites (N-methyl/N-ethyl adjacent to an activating group) is 1. The van der Waals surface area contributed by atoms with Gasteiger partial charge >= 0.3 is 0 Å². The van der Waals surface area contributed by atoms with Gasteiger partial charge in [-0.25, -0.2) is 4.98 Å². The molecule has 1 aliphatic carbocycles. The van der Waals surface area contributed by atoms with E-state index in [1.165, 1.54) is 0 Å². The first-order valence-electron chi connectivity index (χ1n) is 11.9. The van der Waals surface area contributed by atoms with Crippen LogP contribution in [0.2, 0.25) is 0 Å². The average Bonchev–Trinajstić information content (AvgIpc) is 3.22. The molecule has 1 saturated carbocycles. The molecule has 0 unspecified atom stereocenters. The first kappa shape index (κ1) is 22.4. The lowest BCUT2D eigenvalue weighted by molar-refractivity contribution is 0.0609. The van der Waals surface area contributed by atoms with Crippen LogP contribution in [-0.4, -0.2) is 74.2 Å². The molecular weight excluding hydrogens is 428 g/mol. The zero-order valence-electron chi connectivity index (χ0n) is 19.5. The van der Waals surface area contributed by atoms with Gasteiger partial charge in [-0.2, -0.15) is 4.98 Å². The highest BCUT2D eigenvalue weighted by molar-refractivity contribution is 6.07. The Bertz CT molecular complexity index is 1270. The first-order chi connectivity index (χ1) is 16.4. The third-order valence-corrected chi connectivity index (χ3v) is 6.85. The van der Waals surface area contributed by atoms with E-state index in [-0.39, 0.29) is 11.9 Å². The minimum atomic E-state index is -0.918. The number of nitrogens with zero attached hydrogens (tertiary/aromatic N) is 5. The number of nitrogen functional groups attached to an aromatic ring is 1. The van der Waals surface area contributed by atoms with Crippen LogP contribution < -0.4 is 5.73 Å². The van der Waals surface area contributed by atoms with Gasteiger partial charge in [0.05, 0.1) is 11.1 Å². The van der Waals surface area contributed by atoms with Crippen molar-refractivity contribution in [2.75, 3.05) is 39.0 Å². The van der Waals surface area contributed by atoms with Gasteiger partial charge in [-0.3, -0.25) is 4.79 Å². The summed E-state index contributed by atoms with van der Waals surface area (Å²) in [5.41, 5.74) is 7.16. The van der Waals surface area contributed by atoms with Crippen LogP contribution in [0.3, 0.4) is 0 Å². The van der Waals surface area contributed by atoms with E-state index in [0.717, 1.165) is 48.8 Å². The van der Waals surface area contributed by atoms with Crippen molar-refractivity contribution >= 4 is 22.8 Å². The summed E-state index contributed by atoms with van der Waals surface area (Å²) in [5, 5.41) is 11.6. The smallest absolute Gasteiger partial charge is 0.256 e. The van der Waals surface area contributed by atoms with Crippen molar-refractivity contribution < 1.29 is 9.90 Å². The molecule has 8 heteroatoms. The second-order valence-electron chi connectivity index (χ2n) is 9.36. The van der Waals surface area contributed by atoms with Crippen LogP contribution in [0.4, 0.5) is 5.95 Å². The first-order valence-corrected chi connectivity index (χ1v) is 11.9. The SMILES string of the molecule is CN1CCN(C(=O)c2cn(-c3ccnc(N)n3)c3cc(C#CC4(O)CCCCC4)ccc23)CC1. The number of hydrogen-bond acceptors (Lipinski definition) is 6. The summed E-state index contributed by atoms with van der Waals surface area (Å²) < 4.78 is 1.87. The third kappa shape index (κ3) is 4.49. The lowest BCUT2D eigenvalue weighted by Crippen LogP contribution is -2.47. The Labute approximate surface area is 199 Å². The van der Waals surface area contributed by atoms with Crippen molar-refractivity contribution in [2.24, 2.45) is 0 Å². The Hall–Kier alpha value is -3.41. The number of aliphatic hydroxyl groups is 1. The summed E-state index contributed by atoms with van der Waals surface area (Å²) in [5.74, 6) is 7.04. The molecule has 34 heavy (non-hydrogen) atoms. The minimum absolute atomic E-state index is 0.00855. The summed E-state index contributed by atoms with van der Waals surface area (Å²) in [7, 11) is 2.07. The predicted octanol–water partition coefficient (Wildman–Crippen LogP) is 2.44. The summed E-state index contributed by atoms with van der Waals surface area (Å²) in [6.07, 6.45) is 8.01. The molecule has 176 valence electrons. The summed E-state index contributed by atoms with van der Waals surface area (Å²) in [4.78, 5) is 26.0. The van der Waals surface area contributed by atoms with Gasteiger partial charge in [0.1, 0.15) is 11.4 Å². The quantitative estimate of drug-likeness (QED) is 0.572. The van der Waals surface area contributed by atoms with Crippen LogP contribution >= 0.6 is 0 Å². The monoisotopic (exact) mass is 458 g/mol. The van der Waals surface area contributed by atoms with E-state index >= 15 is 0 Å². The average molecular weight is 459 g/mol. The molecule has 3 N–H and O–H groups in total. The normalized spacial score (nSPS) is 18.5. The number of aromatic nitrogens is 3. The molecule has 2 aromatic heterocycles. The molecule has 0 spiro atoms. The maximum Gasteiger partial charge on any atom is 0.256 e. The van der Waals surface area contributed by atoms with Gasteiger partial charge in [0.15, 0.2) is 0 Å². The molecule has 3 aromatic rings. The summed E-state index contributed by atoms with van der Waals surface area (Å²) in [6.45, 7) is 3.11. The van der Waals surface area contributed by atoms with E-state index in [1.54, 1.807) is 12.3 Å². The Kier molecular flexibility index (Phi) is 5.98. The number of nitrogens with two attached hydrogens (primary N) is 1. The minimum Gasteiger partial charge on any atom is -0.378 e.